The minimum absolute atomic E-state index is 0.0791. The summed E-state index contributed by atoms with van der Waals surface area (Å²) in [6.07, 6.45) is 9.37. The van der Waals surface area contributed by atoms with Gasteiger partial charge in [-0.1, -0.05) is 6.42 Å². The Morgan fingerprint density at radius 1 is 1.24 bits per heavy atom. The highest BCUT2D eigenvalue weighted by Gasteiger charge is 2.42. The van der Waals surface area contributed by atoms with E-state index >= 15 is 0 Å². The molecule has 0 radical (unpaired) electrons. The molecule has 0 N–H and O–H groups in total. The quantitative estimate of drug-likeness (QED) is 0.800. The first-order chi connectivity index (χ1) is 10.1. The molecule has 3 rings (SSSR count). The summed E-state index contributed by atoms with van der Waals surface area (Å²) in [6, 6.07) is 0.858. The van der Waals surface area contributed by atoms with Gasteiger partial charge in [-0.25, -0.2) is 0 Å². The van der Waals surface area contributed by atoms with Crippen molar-refractivity contribution in [1.29, 1.82) is 0 Å². The molecule has 1 unspecified atom stereocenters. The molecule has 0 aromatic rings. The van der Waals surface area contributed by atoms with E-state index in [0.29, 0.717) is 12.3 Å². The van der Waals surface area contributed by atoms with Crippen LogP contribution in [0.5, 0.6) is 0 Å². The molecule has 3 aliphatic rings. The van der Waals surface area contributed by atoms with Crippen molar-refractivity contribution in [2.75, 3.05) is 33.8 Å². The van der Waals surface area contributed by atoms with Gasteiger partial charge >= 0.3 is 0 Å². The van der Waals surface area contributed by atoms with Gasteiger partial charge in [0.15, 0.2) is 0 Å². The summed E-state index contributed by atoms with van der Waals surface area (Å²) >= 11 is 0. The van der Waals surface area contributed by atoms with Gasteiger partial charge in [0.1, 0.15) is 0 Å². The van der Waals surface area contributed by atoms with Crippen LogP contribution in [0.2, 0.25) is 0 Å². The zero-order valence-corrected chi connectivity index (χ0v) is 13.6. The van der Waals surface area contributed by atoms with Crippen molar-refractivity contribution in [1.82, 2.24) is 9.80 Å². The van der Waals surface area contributed by atoms with Crippen LogP contribution in [-0.4, -0.2) is 61.1 Å². The zero-order chi connectivity index (χ0) is 14.9. The molecule has 1 atom stereocenters. The molecule has 2 saturated heterocycles. The summed E-state index contributed by atoms with van der Waals surface area (Å²) < 4.78 is 6.21. The highest BCUT2D eigenvalue weighted by atomic mass is 16.5. The molecular formula is C17H30N2O2. The molecule has 4 heteroatoms. The average Bonchev–Trinajstić information content (AvgIpc) is 2.40. The van der Waals surface area contributed by atoms with Crippen LogP contribution in [0.15, 0.2) is 0 Å². The van der Waals surface area contributed by atoms with Gasteiger partial charge in [-0.05, 0) is 44.4 Å². The molecule has 2 heterocycles. The Morgan fingerprint density at radius 3 is 2.52 bits per heavy atom. The van der Waals surface area contributed by atoms with Crippen LogP contribution in [0.1, 0.15) is 51.4 Å². The molecule has 3 fully saturated rings. The molecular weight excluding hydrogens is 264 g/mol. The number of likely N-dealkylation sites (tertiary alicyclic amines) is 1. The number of piperidine rings is 1. The Kier molecular flexibility index (Phi) is 4.55. The number of hydrogen-bond acceptors (Lipinski definition) is 3. The molecule has 2 aliphatic heterocycles. The molecule has 4 nitrogen and oxygen atoms in total. The third-order valence-electron chi connectivity index (χ3n) is 5.86. The first kappa shape index (κ1) is 15.3. The molecule has 120 valence electrons. The third-order valence-corrected chi connectivity index (χ3v) is 5.86. The Hall–Kier alpha value is -0.610. The Labute approximate surface area is 128 Å². The largest absolute Gasteiger partial charge is 0.375 e. The fourth-order valence-electron chi connectivity index (χ4n) is 4.13. The van der Waals surface area contributed by atoms with Crippen molar-refractivity contribution < 1.29 is 9.53 Å². The maximum atomic E-state index is 11.9. The highest BCUT2D eigenvalue weighted by molar-refractivity contribution is 5.75. The van der Waals surface area contributed by atoms with Crippen molar-refractivity contribution in [3.63, 3.8) is 0 Å². The van der Waals surface area contributed by atoms with Crippen LogP contribution < -0.4 is 0 Å². The van der Waals surface area contributed by atoms with Gasteiger partial charge in [0.25, 0.3) is 0 Å². The summed E-state index contributed by atoms with van der Waals surface area (Å²) in [5, 5.41) is 0. The van der Waals surface area contributed by atoms with E-state index in [9.17, 15) is 4.79 Å². The van der Waals surface area contributed by atoms with Gasteiger partial charge in [-0.15, -0.1) is 0 Å². The predicted molar refractivity (Wildman–Crippen MR) is 83.2 cm³/mol. The number of carbonyl (C=O) groups is 1. The van der Waals surface area contributed by atoms with Gasteiger partial charge in [0, 0.05) is 46.3 Å². The van der Waals surface area contributed by atoms with Gasteiger partial charge in [0.2, 0.25) is 5.91 Å². The summed E-state index contributed by atoms with van der Waals surface area (Å²) in [5.41, 5.74) is 0.0791. The lowest BCUT2D eigenvalue weighted by atomic mass is 9.77. The average molecular weight is 294 g/mol. The van der Waals surface area contributed by atoms with E-state index < -0.39 is 0 Å². The molecule has 1 amide bonds. The monoisotopic (exact) mass is 294 g/mol. The van der Waals surface area contributed by atoms with Crippen molar-refractivity contribution in [2.24, 2.45) is 5.92 Å². The fourth-order valence-corrected chi connectivity index (χ4v) is 4.13. The highest BCUT2D eigenvalue weighted by Crippen LogP contribution is 2.40. The van der Waals surface area contributed by atoms with Crippen molar-refractivity contribution >= 4 is 5.91 Å². The van der Waals surface area contributed by atoms with E-state index in [2.05, 4.69) is 4.90 Å². The maximum absolute atomic E-state index is 11.9. The summed E-state index contributed by atoms with van der Waals surface area (Å²) in [6.45, 7) is 3.23. The Balaban J connectivity index is 1.52. The maximum Gasteiger partial charge on any atom is 0.222 e. The number of hydrogen-bond donors (Lipinski definition) is 0. The Morgan fingerprint density at radius 2 is 1.95 bits per heavy atom. The minimum atomic E-state index is 0.0791. The molecule has 0 bridgehead atoms. The van der Waals surface area contributed by atoms with E-state index in [4.69, 9.17) is 4.74 Å². The van der Waals surface area contributed by atoms with Crippen LogP contribution in [0.25, 0.3) is 0 Å². The standard InChI is InChI=1S/C17H30N2O2/c1-18(2)16(20)12-14-6-11-21-17(13-14)7-9-19(10-8-17)15-4-3-5-15/h14-15H,3-13H2,1-2H3. The lowest BCUT2D eigenvalue weighted by Gasteiger charge is -2.49. The fraction of sp³-hybridized carbons (Fsp3) is 0.941. The third kappa shape index (κ3) is 3.42. The van der Waals surface area contributed by atoms with Gasteiger partial charge in [0.05, 0.1) is 5.60 Å². The van der Waals surface area contributed by atoms with E-state index in [0.717, 1.165) is 38.3 Å². The molecule has 21 heavy (non-hydrogen) atoms. The van der Waals surface area contributed by atoms with E-state index in [-0.39, 0.29) is 11.5 Å². The van der Waals surface area contributed by atoms with E-state index in [1.165, 1.54) is 32.4 Å². The molecule has 0 aromatic heterocycles. The van der Waals surface area contributed by atoms with Crippen molar-refractivity contribution in [2.45, 2.75) is 63.0 Å². The van der Waals surface area contributed by atoms with Gasteiger partial charge in [-0.2, -0.15) is 0 Å². The molecule has 1 saturated carbocycles. The number of carbonyl (C=O) groups excluding carboxylic acids is 1. The second kappa shape index (κ2) is 6.25. The SMILES string of the molecule is CN(C)C(=O)CC1CCOC2(CCN(C3CCC3)CC2)C1. The first-order valence-electron chi connectivity index (χ1n) is 8.66. The van der Waals surface area contributed by atoms with Crippen LogP contribution >= 0.6 is 0 Å². The molecule has 1 spiro atoms. The normalized spacial score (nSPS) is 30.1. The van der Waals surface area contributed by atoms with Crippen molar-refractivity contribution in [3.8, 4) is 0 Å². The molecule has 1 aliphatic carbocycles. The van der Waals surface area contributed by atoms with Crippen molar-refractivity contribution in [3.05, 3.63) is 0 Å². The lowest BCUT2D eigenvalue weighted by Crippen LogP contribution is -2.53. The zero-order valence-electron chi connectivity index (χ0n) is 13.6. The first-order valence-corrected chi connectivity index (χ1v) is 8.66. The molecule has 0 aromatic carbocycles. The van der Waals surface area contributed by atoms with Crippen LogP contribution in [-0.2, 0) is 9.53 Å². The van der Waals surface area contributed by atoms with E-state index in [1.807, 2.05) is 14.1 Å². The summed E-state index contributed by atoms with van der Waals surface area (Å²) in [5.74, 6) is 0.785. The van der Waals surface area contributed by atoms with E-state index in [1.54, 1.807) is 4.90 Å². The van der Waals surface area contributed by atoms with Gasteiger partial charge in [-0.3, -0.25) is 4.79 Å². The number of ether oxygens (including phenoxy) is 1. The van der Waals surface area contributed by atoms with Gasteiger partial charge < -0.3 is 14.5 Å². The predicted octanol–water partition coefficient (Wildman–Crippen LogP) is 2.28. The second-order valence-electron chi connectivity index (χ2n) is 7.50. The minimum Gasteiger partial charge on any atom is -0.375 e. The number of nitrogens with zero attached hydrogens (tertiary/aromatic N) is 2. The topological polar surface area (TPSA) is 32.8 Å². The lowest BCUT2D eigenvalue weighted by molar-refractivity contribution is -0.143. The number of amides is 1. The second-order valence-corrected chi connectivity index (χ2v) is 7.50. The van der Waals surface area contributed by atoms with Crippen LogP contribution in [0.4, 0.5) is 0 Å². The summed E-state index contributed by atoms with van der Waals surface area (Å²) in [7, 11) is 3.71. The van der Waals surface area contributed by atoms with Crippen LogP contribution in [0, 0.1) is 5.92 Å². The smallest absolute Gasteiger partial charge is 0.222 e. The number of rotatable bonds is 3. The Bertz CT molecular complexity index is 371. The van der Waals surface area contributed by atoms with Crippen LogP contribution in [0.3, 0.4) is 0 Å². The summed E-state index contributed by atoms with van der Waals surface area (Å²) in [4.78, 5) is 16.3.